The molecule has 0 spiro atoms. The lowest BCUT2D eigenvalue weighted by Gasteiger charge is -2.48. The van der Waals surface area contributed by atoms with Gasteiger partial charge >= 0.3 is 0 Å². The molecule has 0 saturated carbocycles. The molecule has 2 atom stereocenters. The van der Waals surface area contributed by atoms with Gasteiger partial charge in [0.1, 0.15) is 17.3 Å². The molecule has 3 heterocycles. The SMILES string of the molecule is C=CCN1CN(CC2CO2)C(CC(=O)CC(=O)CC(C)=O)N(CC2CO2)C1. The molecule has 27 heavy (non-hydrogen) atoms. The summed E-state index contributed by atoms with van der Waals surface area (Å²) < 4.78 is 10.8. The van der Waals surface area contributed by atoms with Crippen LogP contribution in [0.25, 0.3) is 0 Å². The van der Waals surface area contributed by atoms with Crippen molar-refractivity contribution >= 4 is 17.3 Å². The molecule has 0 N–H and O–H groups in total. The molecule has 3 aliphatic rings. The summed E-state index contributed by atoms with van der Waals surface area (Å²) in [4.78, 5) is 42.2. The number of carbonyl (C=O) groups excluding carboxylic acids is 3. The normalized spacial score (nSPS) is 28.7. The Labute approximate surface area is 160 Å². The van der Waals surface area contributed by atoms with Gasteiger partial charge in [-0.25, -0.2) is 0 Å². The summed E-state index contributed by atoms with van der Waals surface area (Å²) in [6.07, 6.45) is 2.15. The van der Waals surface area contributed by atoms with Crippen LogP contribution in [0.4, 0.5) is 0 Å². The van der Waals surface area contributed by atoms with Crippen molar-refractivity contribution in [3.63, 3.8) is 0 Å². The lowest BCUT2D eigenvalue weighted by molar-refractivity contribution is -0.134. The Morgan fingerprint density at radius 1 is 1.00 bits per heavy atom. The summed E-state index contributed by atoms with van der Waals surface area (Å²) in [6.45, 7) is 10.4. The van der Waals surface area contributed by atoms with Gasteiger partial charge < -0.3 is 9.47 Å². The summed E-state index contributed by atoms with van der Waals surface area (Å²) in [5.74, 6) is -0.622. The number of hydrogen-bond donors (Lipinski definition) is 0. The van der Waals surface area contributed by atoms with E-state index >= 15 is 0 Å². The fourth-order valence-electron chi connectivity index (χ4n) is 3.60. The Bertz CT molecular complexity index is 564. The number of rotatable bonds is 12. The second kappa shape index (κ2) is 9.16. The smallest absolute Gasteiger partial charge is 0.147 e. The third-order valence-corrected chi connectivity index (χ3v) is 4.93. The molecular formula is C19H29N3O5. The van der Waals surface area contributed by atoms with Crippen molar-refractivity contribution in [1.82, 2.24) is 14.7 Å². The van der Waals surface area contributed by atoms with Gasteiger partial charge in [-0.05, 0) is 6.92 Å². The minimum Gasteiger partial charge on any atom is -0.372 e. The number of Topliss-reactive ketones (excluding diaryl/α,β-unsaturated/α-hetero) is 3. The Kier molecular flexibility index (Phi) is 6.88. The first-order chi connectivity index (χ1) is 12.9. The van der Waals surface area contributed by atoms with Crippen molar-refractivity contribution in [2.24, 2.45) is 0 Å². The van der Waals surface area contributed by atoms with Crippen molar-refractivity contribution < 1.29 is 23.9 Å². The molecule has 150 valence electrons. The van der Waals surface area contributed by atoms with E-state index in [0.29, 0.717) is 0 Å². The van der Waals surface area contributed by atoms with Crippen LogP contribution < -0.4 is 0 Å². The summed E-state index contributed by atoms with van der Waals surface area (Å²) in [5.41, 5.74) is 0. The molecule has 8 nitrogen and oxygen atoms in total. The van der Waals surface area contributed by atoms with E-state index in [1.165, 1.54) is 6.92 Å². The van der Waals surface area contributed by atoms with Gasteiger partial charge in [0.25, 0.3) is 0 Å². The maximum absolute atomic E-state index is 12.5. The highest BCUT2D eigenvalue weighted by molar-refractivity contribution is 6.06. The van der Waals surface area contributed by atoms with E-state index in [9.17, 15) is 14.4 Å². The van der Waals surface area contributed by atoms with Crippen molar-refractivity contribution in [3.8, 4) is 0 Å². The lowest BCUT2D eigenvalue weighted by atomic mass is 10.0. The van der Waals surface area contributed by atoms with E-state index in [0.717, 1.165) is 46.2 Å². The molecule has 0 aromatic heterocycles. The van der Waals surface area contributed by atoms with E-state index in [2.05, 4.69) is 21.3 Å². The molecule has 3 fully saturated rings. The molecule has 3 aliphatic heterocycles. The Hall–Kier alpha value is -1.45. The molecule has 0 amide bonds. The summed E-state index contributed by atoms with van der Waals surface area (Å²) in [5, 5.41) is 0. The quantitative estimate of drug-likeness (QED) is 0.267. The minimum absolute atomic E-state index is 0.0860. The monoisotopic (exact) mass is 379 g/mol. The highest BCUT2D eigenvalue weighted by Gasteiger charge is 2.40. The second-order valence-electron chi connectivity index (χ2n) is 7.70. The second-order valence-corrected chi connectivity index (χ2v) is 7.70. The molecule has 0 aromatic rings. The third kappa shape index (κ3) is 6.58. The molecule has 8 heteroatoms. The number of hydrogen-bond acceptors (Lipinski definition) is 8. The van der Waals surface area contributed by atoms with Gasteiger partial charge in [0.15, 0.2) is 0 Å². The van der Waals surface area contributed by atoms with Crippen molar-refractivity contribution in [2.45, 2.75) is 44.6 Å². The van der Waals surface area contributed by atoms with Crippen LogP contribution in [-0.2, 0) is 23.9 Å². The summed E-state index contributed by atoms with van der Waals surface area (Å²) in [7, 11) is 0. The molecule has 0 bridgehead atoms. The maximum Gasteiger partial charge on any atom is 0.147 e. The predicted molar refractivity (Wildman–Crippen MR) is 97.9 cm³/mol. The average Bonchev–Trinajstić information content (AvgIpc) is 3.46. The number of nitrogens with zero attached hydrogens (tertiary/aromatic N) is 3. The van der Waals surface area contributed by atoms with E-state index < -0.39 is 0 Å². The number of carbonyl (C=O) groups is 3. The zero-order valence-corrected chi connectivity index (χ0v) is 16.0. The highest BCUT2D eigenvalue weighted by Crippen LogP contribution is 2.25. The van der Waals surface area contributed by atoms with E-state index in [1.807, 2.05) is 6.08 Å². The standard InChI is InChI=1S/C19H29N3O5/c1-3-4-20-12-21(8-17-10-26-17)19(22(13-20)9-18-11-27-18)7-16(25)6-15(24)5-14(2)23/h3,17-19H,1,4-13H2,2H3. The molecule has 2 unspecified atom stereocenters. The van der Waals surface area contributed by atoms with Gasteiger partial charge in [-0.3, -0.25) is 29.1 Å². The van der Waals surface area contributed by atoms with Crippen LogP contribution in [-0.4, -0.2) is 96.6 Å². The highest BCUT2D eigenvalue weighted by atomic mass is 16.6. The lowest BCUT2D eigenvalue weighted by Crippen LogP contribution is -2.62. The van der Waals surface area contributed by atoms with Gasteiger partial charge in [-0.2, -0.15) is 0 Å². The minimum atomic E-state index is -0.300. The topological polar surface area (TPSA) is 86.0 Å². The largest absolute Gasteiger partial charge is 0.372 e. The Balaban J connectivity index is 1.65. The van der Waals surface area contributed by atoms with Gasteiger partial charge in [0, 0.05) is 26.1 Å². The molecule has 0 aromatic carbocycles. The molecule has 0 radical (unpaired) electrons. The van der Waals surface area contributed by atoms with Crippen molar-refractivity contribution in [2.75, 3.05) is 46.2 Å². The summed E-state index contributed by atoms with van der Waals surface area (Å²) in [6, 6.07) is 0. The van der Waals surface area contributed by atoms with Crippen LogP contribution >= 0.6 is 0 Å². The Morgan fingerprint density at radius 2 is 1.56 bits per heavy atom. The molecule has 3 rings (SSSR count). The van der Waals surface area contributed by atoms with Gasteiger partial charge in [0.2, 0.25) is 0 Å². The number of epoxide rings is 2. The van der Waals surface area contributed by atoms with Crippen LogP contribution in [0.5, 0.6) is 0 Å². The molecule has 3 saturated heterocycles. The summed E-state index contributed by atoms with van der Waals surface area (Å²) >= 11 is 0. The first-order valence-electron chi connectivity index (χ1n) is 9.52. The van der Waals surface area contributed by atoms with E-state index in [1.54, 1.807) is 0 Å². The van der Waals surface area contributed by atoms with Gasteiger partial charge in [0.05, 0.1) is 57.8 Å². The first kappa shape index (κ1) is 20.3. The molecule has 0 aliphatic carbocycles. The van der Waals surface area contributed by atoms with Crippen LogP contribution in [0.2, 0.25) is 0 Å². The maximum atomic E-state index is 12.5. The van der Waals surface area contributed by atoms with Crippen molar-refractivity contribution in [1.29, 1.82) is 0 Å². The van der Waals surface area contributed by atoms with Crippen LogP contribution in [0, 0.1) is 0 Å². The fourth-order valence-corrected chi connectivity index (χ4v) is 3.60. The average molecular weight is 379 g/mol. The Morgan fingerprint density at radius 3 is 2.00 bits per heavy atom. The predicted octanol–water partition coefficient (Wildman–Crippen LogP) is 0.0282. The number of ether oxygens (including phenoxy) is 2. The van der Waals surface area contributed by atoms with Gasteiger partial charge in [-0.1, -0.05) is 6.08 Å². The van der Waals surface area contributed by atoms with Gasteiger partial charge in [-0.15, -0.1) is 6.58 Å². The fraction of sp³-hybridized carbons (Fsp3) is 0.737. The first-order valence-corrected chi connectivity index (χ1v) is 9.52. The molecular weight excluding hydrogens is 350 g/mol. The third-order valence-electron chi connectivity index (χ3n) is 4.93. The van der Waals surface area contributed by atoms with E-state index in [4.69, 9.17) is 9.47 Å². The van der Waals surface area contributed by atoms with Crippen LogP contribution in [0.15, 0.2) is 12.7 Å². The van der Waals surface area contributed by atoms with Crippen LogP contribution in [0.1, 0.15) is 26.2 Å². The zero-order valence-electron chi connectivity index (χ0n) is 16.0. The number of ketones is 3. The van der Waals surface area contributed by atoms with Crippen molar-refractivity contribution in [3.05, 3.63) is 12.7 Å². The van der Waals surface area contributed by atoms with Crippen LogP contribution in [0.3, 0.4) is 0 Å². The zero-order chi connectivity index (χ0) is 19.4. The van der Waals surface area contributed by atoms with E-state index in [-0.39, 0.29) is 55.0 Å².